The molecule has 152 valence electrons. The normalized spacial score (nSPS) is 13.5. The Bertz CT molecular complexity index is 437. The van der Waals surface area contributed by atoms with Crippen LogP contribution in [0.5, 0.6) is 0 Å². The molecular formula is C19H38N4O3. The monoisotopic (exact) mass is 370 g/mol. The largest absolute Gasteiger partial charge is 0.347 e. The first-order valence-electron chi connectivity index (χ1n) is 9.81. The molecule has 2 amide bonds. The molecule has 0 aromatic carbocycles. The van der Waals surface area contributed by atoms with E-state index in [1.54, 1.807) is 13.8 Å². The van der Waals surface area contributed by atoms with Gasteiger partial charge in [-0.15, -0.1) is 0 Å². The minimum Gasteiger partial charge on any atom is -0.347 e. The quantitative estimate of drug-likeness (QED) is 0.362. The van der Waals surface area contributed by atoms with Gasteiger partial charge in [0.2, 0.25) is 11.8 Å². The van der Waals surface area contributed by atoms with Gasteiger partial charge in [-0.3, -0.25) is 14.4 Å². The number of nitrogens with one attached hydrogen (secondary N) is 2. The first-order valence-corrected chi connectivity index (χ1v) is 9.81. The first-order chi connectivity index (χ1) is 12.3. The summed E-state index contributed by atoms with van der Waals surface area (Å²) in [5.41, 5.74) is 11.2. The van der Waals surface area contributed by atoms with Crippen molar-refractivity contribution in [2.45, 2.75) is 65.8 Å². The number of nitrogens with two attached hydrogens (primary N) is 2. The zero-order valence-electron chi connectivity index (χ0n) is 16.8. The van der Waals surface area contributed by atoms with Gasteiger partial charge in [0, 0.05) is 11.8 Å². The van der Waals surface area contributed by atoms with E-state index >= 15 is 0 Å². The Balaban J connectivity index is 4.63. The lowest BCUT2D eigenvalue weighted by atomic mass is 9.88. The molecule has 0 aromatic rings. The standard InChI is InChI=1S/C19H38N4O3/c1-5-14(6-2)11-15(7-9-20)19(26)22-12-17(24)23-16(8-10-21)18(25)13(3)4/h13-16H,5-12,20-21H2,1-4H3,(H,22,26)(H,23,24). The smallest absolute Gasteiger partial charge is 0.239 e. The van der Waals surface area contributed by atoms with E-state index in [0.717, 1.165) is 19.3 Å². The van der Waals surface area contributed by atoms with Gasteiger partial charge in [-0.1, -0.05) is 40.5 Å². The maximum Gasteiger partial charge on any atom is 0.239 e. The van der Waals surface area contributed by atoms with E-state index < -0.39 is 6.04 Å². The minimum absolute atomic E-state index is 0.0510. The van der Waals surface area contributed by atoms with Crippen LogP contribution < -0.4 is 22.1 Å². The Kier molecular flexibility index (Phi) is 12.9. The molecule has 0 spiro atoms. The van der Waals surface area contributed by atoms with Gasteiger partial charge in [0.1, 0.15) is 0 Å². The lowest BCUT2D eigenvalue weighted by molar-refractivity contribution is -0.131. The van der Waals surface area contributed by atoms with Gasteiger partial charge in [0.05, 0.1) is 12.6 Å². The topological polar surface area (TPSA) is 127 Å². The van der Waals surface area contributed by atoms with Gasteiger partial charge >= 0.3 is 0 Å². The van der Waals surface area contributed by atoms with E-state index in [4.69, 9.17) is 11.5 Å². The fourth-order valence-corrected chi connectivity index (χ4v) is 2.99. The second-order valence-electron chi connectivity index (χ2n) is 7.16. The first kappa shape index (κ1) is 24.5. The molecule has 0 saturated heterocycles. The van der Waals surface area contributed by atoms with E-state index in [-0.39, 0.29) is 36.0 Å². The van der Waals surface area contributed by atoms with Crippen molar-refractivity contribution in [2.75, 3.05) is 19.6 Å². The number of Topliss-reactive ketones (excluding diaryl/α,β-unsaturated/α-hetero) is 1. The van der Waals surface area contributed by atoms with Crippen LogP contribution in [0.2, 0.25) is 0 Å². The highest BCUT2D eigenvalue weighted by Gasteiger charge is 2.24. The van der Waals surface area contributed by atoms with Crippen LogP contribution in [0.4, 0.5) is 0 Å². The van der Waals surface area contributed by atoms with Crippen molar-refractivity contribution in [1.82, 2.24) is 10.6 Å². The van der Waals surface area contributed by atoms with Gasteiger partial charge < -0.3 is 22.1 Å². The second kappa shape index (κ2) is 13.7. The van der Waals surface area contributed by atoms with Crippen LogP contribution in [0.15, 0.2) is 0 Å². The molecule has 6 N–H and O–H groups in total. The molecule has 0 fully saturated rings. The van der Waals surface area contributed by atoms with Gasteiger partial charge in [-0.05, 0) is 38.3 Å². The number of carbonyl (C=O) groups is 3. The summed E-state index contributed by atoms with van der Waals surface area (Å²) in [7, 11) is 0. The summed E-state index contributed by atoms with van der Waals surface area (Å²) in [5.74, 6) is -0.471. The summed E-state index contributed by atoms with van der Waals surface area (Å²) in [6.07, 6.45) is 3.80. The van der Waals surface area contributed by atoms with Crippen LogP contribution >= 0.6 is 0 Å². The summed E-state index contributed by atoms with van der Waals surface area (Å²) in [5, 5.41) is 5.37. The molecule has 2 atom stereocenters. The zero-order valence-corrected chi connectivity index (χ0v) is 16.8. The second-order valence-corrected chi connectivity index (χ2v) is 7.16. The molecule has 0 heterocycles. The molecule has 0 aliphatic heterocycles. The molecule has 2 unspecified atom stereocenters. The maximum absolute atomic E-state index is 12.4. The average Bonchev–Trinajstić information content (AvgIpc) is 2.62. The third-order valence-corrected chi connectivity index (χ3v) is 4.78. The van der Waals surface area contributed by atoms with Crippen LogP contribution in [-0.4, -0.2) is 43.3 Å². The molecule has 26 heavy (non-hydrogen) atoms. The summed E-state index contributed by atoms with van der Waals surface area (Å²) in [6, 6.07) is -0.603. The Labute approximate surface area is 158 Å². The van der Waals surface area contributed by atoms with Crippen LogP contribution in [0.1, 0.15) is 59.8 Å². The van der Waals surface area contributed by atoms with Crippen molar-refractivity contribution >= 4 is 17.6 Å². The molecule has 0 bridgehead atoms. The molecule has 0 aliphatic rings. The number of hydrogen-bond donors (Lipinski definition) is 4. The fourth-order valence-electron chi connectivity index (χ4n) is 2.99. The predicted octanol–water partition coefficient (Wildman–Crippen LogP) is 0.953. The summed E-state index contributed by atoms with van der Waals surface area (Å²) >= 11 is 0. The van der Waals surface area contributed by atoms with E-state index in [9.17, 15) is 14.4 Å². The van der Waals surface area contributed by atoms with Crippen molar-refractivity contribution < 1.29 is 14.4 Å². The third kappa shape index (κ3) is 9.29. The molecule has 0 saturated carbocycles. The highest BCUT2D eigenvalue weighted by atomic mass is 16.2. The molecule has 7 nitrogen and oxygen atoms in total. The Hall–Kier alpha value is -1.47. The minimum atomic E-state index is -0.603. The number of hydrogen-bond acceptors (Lipinski definition) is 5. The summed E-state index contributed by atoms with van der Waals surface area (Å²) in [4.78, 5) is 36.7. The van der Waals surface area contributed by atoms with Gasteiger partial charge in [0.25, 0.3) is 0 Å². The molecule has 7 heteroatoms. The summed E-state index contributed by atoms with van der Waals surface area (Å²) in [6.45, 7) is 8.40. The fraction of sp³-hybridized carbons (Fsp3) is 0.842. The van der Waals surface area contributed by atoms with Crippen molar-refractivity contribution in [3.8, 4) is 0 Å². The van der Waals surface area contributed by atoms with Gasteiger partial charge in [0.15, 0.2) is 5.78 Å². The number of amides is 2. The van der Waals surface area contributed by atoms with Crippen molar-refractivity contribution in [2.24, 2.45) is 29.2 Å². The third-order valence-electron chi connectivity index (χ3n) is 4.78. The molecule has 0 aromatic heterocycles. The van der Waals surface area contributed by atoms with Gasteiger partial charge in [-0.2, -0.15) is 0 Å². The Morgan fingerprint density at radius 2 is 1.54 bits per heavy atom. The maximum atomic E-state index is 12.4. The average molecular weight is 371 g/mol. The van der Waals surface area contributed by atoms with Crippen LogP contribution in [-0.2, 0) is 14.4 Å². The highest BCUT2D eigenvalue weighted by Crippen LogP contribution is 2.21. The van der Waals surface area contributed by atoms with E-state index in [1.807, 2.05) is 0 Å². The van der Waals surface area contributed by atoms with E-state index in [1.165, 1.54) is 0 Å². The zero-order chi connectivity index (χ0) is 20.1. The van der Waals surface area contributed by atoms with Crippen molar-refractivity contribution in [1.29, 1.82) is 0 Å². The van der Waals surface area contributed by atoms with E-state index in [2.05, 4.69) is 24.5 Å². The Morgan fingerprint density at radius 3 is 2.00 bits per heavy atom. The van der Waals surface area contributed by atoms with Gasteiger partial charge in [-0.25, -0.2) is 0 Å². The molecular weight excluding hydrogens is 332 g/mol. The Morgan fingerprint density at radius 1 is 0.962 bits per heavy atom. The highest BCUT2D eigenvalue weighted by molar-refractivity contribution is 5.92. The number of ketones is 1. The lowest BCUT2D eigenvalue weighted by Crippen LogP contribution is -2.48. The van der Waals surface area contributed by atoms with Crippen LogP contribution in [0.3, 0.4) is 0 Å². The van der Waals surface area contributed by atoms with E-state index in [0.29, 0.717) is 31.8 Å². The van der Waals surface area contributed by atoms with Crippen LogP contribution in [0, 0.1) is 17.8 Å². The number of rotatable bonds is 14. The summed E-state index contributed by atoms with van der Waals surface area (Å²) < 4.78 is 0. The SMILES string of the molecule is CCC(CC)CC(CCN)C(=O)NCC(=O)NC(CCN)C(=O)C(C)C. The molecule has 0 rings (SSSR count). The molecule has 0 radical (unpaired) electrons. The van der Waals surface area contributed by atoms with Crippen molar-refractivity contribution in [3.05, 3.63) is 0 Å². The predicted molar refractivity (Wildman–Crippen MR) is 104 cm³/mol. The van der Waals surface area contributed by atoms with Crippen LogP contribution in [0.25, 0.3) is 0 Å². The number of carbonyl (C=O) groups excluding carboxylic acids is 3. The molecule has 0 aliphatic carbocycles. The lowest BCUT2D eigenvalue weighted by Gasteiger charge is -2.22. The van der Waals surface area contributed by atoms with Crippen molar-refractivity contribution in [3.63, 3.8) is 0 Å².